The van der Waals surface area contributed by atoms with Gasteiger partial charge in [0.1, 0.15) is 36.0 Å². The number of pyridine rings is 1. The number of nitrogens with one attached hydrogen (secondary N) is 1. The summed E-state index contributed by atoms with van der Waals surface area (Å²) in [4.78, 5) is 29.3. The number of methoxy groups -OCH3 is 1. The number of hydrogen-bond donors (Lipinski definition) is 3. The van der Waals surface area contributed by atoms with E-state index in [1.807, 2.05) is 0 Å². The molecule has 3 aromatic rings. The highest BCUT2D eigenvalue weighted by Gasteiger charge is 2.58. The average molecular weight is 608 g/mol. The number of carbonyl (C=O) groups is 2. The summed E-state index contributed by atoms with van der Waals surface area (Å²) < 4.78 is 88.1. The lowest BCUT2D eigenvalue weighted by Crippen LogP contribution is -2.52. The second-order valence-corrected chi connectivity index (χ2v) is 10.3. The molecule has 1 saturated carbocycles. The zero-order chi connectivity index (χ0) is 31.2. The lowest BCUT2D eigenvalue weighted by atomic mass is 9.81. The number of fused-ring (bicyclic) bond motifs is 1. The smallest absolute Gasteiger partial charge is 0.424 e. The van der Waals surface area contributed by atoms with Gasteiger partial charge in [-0.3, -0.25) is 9.59 Å². The Morgan fingerprint density at radius 1 is 1.14 bits per heavy atom. The van der Waals surface area contributed by atoms with Crippen molar-refractivity contribution in [1.82, 2.24) is 10.3 Å². The van der Waals surface area contributed by atoms with Gasteiger partial charge < -0.3 is 30.4 Å². The van der Waals surface area contributed by atoms with E-state index >= 15 is 0 Å². The number of aliphatic hydroxyl groups is 1. The minimum absolute atomic E-state index is 0.0195. The molecular formula is C29H26F5N3O6. The van der Waals surface area contributed by atoms with E-state index in [0.717, 1.165) is 25.0 Å². The molecule has 2 aliphatic rings. The molecule has 228 valence electrons. The number of ether oxygens (including phenoxy) is 3. The third-order valence-electron chi connectivity index (χ3n) is 7.41. The fourth-order valence-electron chi connectivity index (χ4n) is 4.62. The number of nitrogens with zero attached hydrogens (tertiary/aromatic N) is 1. The summed E-state index contributed by atoms with van der Waals surface area (Å²) >= 11 is 0. The number of primary amides is 1. The van der Waals surface area contributed by atoms with Gasteiger partial charge in [0, 0.05) is 16.7 Å². The van der Waals surface area contributed by atoms with Gasteiger partial charge in [-0.05, 0) is 61.4 Å². The summed E-state index contributed by atoms with van der Waals surface area (Å²) in [5, 5.41) is 13.2. The lowest BCUT2D eigenvalue weighted by Gasteiger charge is -2.31. The summed E-state index contributed by atoms with van der Waals surface area (Å²) in [7, 11) is 1.34. The van der Waals surface area contributed by atoms with E-state index in [0.29, 0.717) is 11.8 Å². The molecule has 0 bridgehead atoms. The van der Waals surface area contributed by atoms with Gasteiger partial charge in [0.25, 0.3) is 5.91 Å². The molecular weight excluding hydrogens is 581 g/mol. The van der Waals surface area contributed by atoms with Gasteiger partial charge in [-0.15, -0.1) is 0 Å². The Hall–Kier alpha value is -4.46. The van der Waals surface area contributed by atoms with Crippen LogP contribution in [0.15, 0.2) is 48.5 Å². The average Bonchev–Trinajstić information content (AvgIpc) is 3.71. The van der Waals surface area contributed by atoms with Gasteiger partial charge in [0.05, 0.1) is 25.5 Å². The van der Waals surface area contributed by atoms with Gasteiger partial charge in [-0.2, -0.15) is 13.2 Å². The third kappa shape index (κ3) is 5.42. The summed E-state index contributed by atoms with van der Waals surface area (Å²) in [6, 6.07) is 9.11. The number of aromatic nitrogens is 1. The van der Waals surface area contributed by atoms with Crippen molar-refractivity contribution in [2.24, 2.45) is 5.73 Å². The van der Waals surface area contributed by atoms with Crippen LogP contribution in [-0.4, -0.2) is 61.1 Å². The van der Waals surface area contributed by atoms with Crippen LogP contribution in [0.2, 0.25) is 0 Å². The maximum Gasteiger partial charge on any atom is 0.424 e. The molecule has 2 heterocycles. The Kier molecular flexibility index (Phi) is 7.67. The van der Waals surface area contributed by atoms with Crippen molar-refractivity contribution in [1.29, 1.82) is 0 Å². The molecule has 1 aliphatic heterocycles. The number of hydrogen-bond acceptors (Lipinski definition) is 7. The van der Waals surface area contributed by atoms with Crippen molar-refractivity contribution >= 4 is 11.8 Å². The number of halogens is 5. The normalized spacial score (nSPS) is 19.1. The number of amides is 2. The highest BCUT2D eigenvalue weighted by molar-refractivity contribution is 5.95. The van der Waals surface area contributed by atoms with Crippen LogP contribution >= 0.6 is 0 Å². The lowest BCUT2D eigenvalue weighted by molar-refractivity contribution is -0.265. The molecule has 4 N–H and O–H groups in total. The van der Waals surface area contributed by atoms with E-state index in [-0.39, 0.29) is 40.0 Å². The predicted molar refractivity (Wildman–Crippen MR) is 141 cm³/mol. The number of rotatable bonds is 10. The van der Waals surface area contributed by atoms with E-state index in [9.17, 15) is 36.6 Å². The molecule has 0 spiro atoms. The van der Waals surface area contributed by atoms with Gasteiger partial charge in [-0.1, -0.05) is 0 Å². The minimum Gasteiger partial charge on any atom is -0.493 e. The van der Waals surface area contributed by atoms with Gasteiger partial charge in [-0.25, -0.2) is 13.8 Å². The van der Waals surface area contributed by atoms with Crippen LogP contribution in [0.3, 0.4) is 0 Å². The molecule has 2 atom stereocenters. The van der Waals surface area contributed by atoms with Crippen LogP contribution in [0.5, 0.6) is 17.2 Å². The first-order valence-electron chi connectivity index (χ1n) is 13.1. The number of carbonyl (C=O) groups excluding carboxylic acids is 2. The van der Waals surface area contributed by atoms with Gasteiger partial charge in [0.2, 0.25) is 11.5 Å². The Bertz CT molecular complexity index is 1560. The number of nitrogens with two attached hydrogens (primary N) is 1. The molecule has 1 aliphatic carbocycles. The van der Waals surface area contributed by atoms with Crippen molar-refractivity contribution in [2.45, 2.75) is 36.1 Å². The predicted octanol–water partition coefficient (Wildman–Crippen LogP) is 3.70. The van der Waals surface area contributed by atoms with E-state index < -0.39 is 60.3 Å². The van der Waals surface area contributed by atoms with Crippen LogP contribution in [0, 0.1) is 5.82 Å². The highest BCUT2D eigenvalue weighted by atomic mass is 19.4. The van der Waals surface area contributed by atoms with E-state index in [2.05, 4.69) is 10.3 Å². The Morgan fingerprint density at radius 2 is 1.84 bits per heavy atom. The molecule has 2 aromatic carbocycles. The molecule has 1 aromatic heterocycles. The molecule has 0 radical (unpaired) electrons. The van der Waals surface area contributed by atoms with Gasteiger partial charge >= 0.3 is 6.18 Å². The van der Waals surface area contributed by atoms with E-state index in [1.54, 1.807) is 0 Å². The Morgan fingerprint density at radius 3 is 2.42 bits per heavy atom. The van der Waals surface area contributed by atoms with Crippen LogP contribution in [0.4, 0.5) is 22.0 Å². The van der Waals surface area contributed by atoms with Gasteiger partial charge in [0.15, 0.2) is 11.5 Å². The zero-order valence-electron chi connectivity index (χ0n) is 22.6. The Labute approximate surface area is 241 Å². The first-order chi connectivity index (χ1) is 20.3. The minimum atomic E-state index is -5.44. The fraction of sp³-hybridized carbons (Fsp3) is 0.345. The zero-order valence-corrected chi connectivity index (χ0v) is 22.6. The molecule has 1 unspecified atom stereocenters. The monoisotopic (exact) mass is 607 g/mol. The first-order valence-corrected chi connectivity index (χ1v) is 13.1. The van der Waals surface area contributed by atoms with Crippen LogP contribution in [-0.2, 0) is 15.8 Å². The second-order valence-electron chi connectivity index (χ2n) is 10.3. The highest BCUT2D eigenvalue weighted by Crippen LogP contribution is 2.48. The molecule has 0 saturated heterocycles. The van der Waals surface area contributed by atoms with Crippen LogP contribution in [0.25, 0.3) is 11.3 Å². The van der Waals surface area contributed by atoms with Crippen molar-refractivity contribution in [3.63, 3.8) is 0 Å². The summed E-state index contributed by atoms with van der Waals surface area (Å²) in [6.07, 6.45) is -3.70. The SMILES string of the molecule is COc1cc(C(=O)NCC(O)(c2cc3c(c(-c4ccc(F)cc4)n2)OC[C@]3(CF)C(N)=O)C(F)(F)F)ccc1OC1CC1. The Balaban J connectivity index is 1.55. The maximum absolute atomic E-state index is 14.6. The molecule has 9 nitrogen and oxygen atoms in total. The van der Waals surface area contributed by atoms with Crippen molar-refractivity contribution < 1.29 is 50.9 Å². The number of alkyl halides is 4. The second kappa shape index (κ2) is 11.0. The van der Waals surface area contributed by atoms with E-state index in [1.165, 1.54) is 37.4 Å². The largest absolute Gasteiger partial charge is 0.493 e. The van der Waals surface area contributed by atoms with Crippen molar-refractivity contribution in [2.75, 3.05) is 26.9 Å². The summed E-state index contributed by atoms with van der Waals surface area (Å²) in [5.41, 5.74) is -2.39. The topological polar surface area (TPSA) is 133 Å². The summed E-state index contributed by atoms with van der Waals surface area (Å²) in [5.74, 6) is -2.58. The molecule has 2 amide bonds. The van der Waals surface area contributed by atoms with Crippen LogP contribution < -0.4 is 25.3 Å². The van der Waals surface area contributed by atoms with E-state index in [4.69, 9.17) is 19.9 Å². The number of benzene rings is 2. The maximum atomic E-state index is 14.6. The molecule has 1 fully saturated rings. The fourth-order valence-corrected chi connectivity index (χ4v) is 4.62. The van der Waals surface area contributed by atoms with Crippen LogP contribution in [0.1, 0.15) is 34.5 Å². The molecule has 43 heavy (non-hydrogen) atoms. The van der Waals surface area contributed by atoms with Crippen molar-refractivity contribution in [3.05, 3.63) is 71.2 Å². The first kappa shape index (κ1) is 30.0. The molecule has 5 rings (SSSR count). The summed E-state index contributed by atoms with van der Waals surface area (Å²) in [6.45, 7) is -3.49. The molecule has 14 heteroatoms. The standard InChI is InChI=1S/C29H26F5N3O6/c1-41-21-10-16(4-9-20(21)43-18-7-8-18)25(38)36-13-28(40,29(32,33)34)22-11-19-24(42-14-27(19,12-30)26(35)39)23(37-22)15-2-5-17(31)6-3-15/h2-6,9-11,18,40H,7-8,12-14H2,1H3,(H2,35,39)(H,36,38)/t27-,28?/m0/s1. The van der Waals surface area contributed by atoms with Crippen molar-refractivity contribution in [3.8, 4) is 28.5 Å². The third-order valence-corrected chi connectivity index (χ3v) is 7.41. The quantitative estimate of drug-likeness (QED) is 0.300.